The number of hydrogen-bond donors (Lipinski definition) is 1. The van der Waals surface area contributed by atoms with Crippen LogP contribution < -0.4 is 0 Å². The van der Waals surface area contributed by atoms with Crippen LogP contribution in [0, 0.1) is 0 Å². The van der Waals surface area contributed by atoms with Crippen molar-refractivity contribution in [3.63, 3.8) is 0 Å². The lowest BCUT2D eigenvalue weighted by molar-refractivity contribution is -0.299. The summed E-state index contributed by atoms with van der Waals surface area (Å²) in [7, 11) is 0. The molecule has 1 heterocycles. The molecule has 60 valence electrons. The summed E-state index contributed by atoms with van der Waals surface area (Å²) in [5, 5.41) is 9.16. The lowest BCUT2D eigenvalue weighted by Gasteiger charge is -2.37. The van der Waals surface area contributed by atoms with E-state index >= 15 is 0 Å². The van der Waals surface area contributed by atoms with Gasteiger partial charge in [-0.05, 0) is 20.8 Å². The quantitative estimate of drug-likeness (QED) is 0.541. The summed E-state index contributed by atoms with van der Waals surface area (Å²) in [6.45, 7) is 5.90. The van der Waals surface area contributed by atoms with Gasteiger partial charge in [-0.25, -0.2) is 0 Å². The van der Waals surface area contributed by atoms with E-state index in [1.165, 1.54) is 0 Å². The molecule has 0 amide bonds. The third-order valence-corrected chi connectivity index (χ3v) is 1.61. The van der Waals surface area contributed by atoms with E-state index in [-0.39, 0.29) is 6.10 Å². The molecule has 3 nitrogen and oxygen atoms in total. The van der Waals surface area contributed by atoms with Gasteiger partial charge in [0.2, 0.25) is 0 Å². The first-order valence-corrected chi connectivity index (χ1v) is 3.51. The molecular weight excluding hydrogens is 132 g/mol. The van der Waals surface area contributed by atoms with Crippen molar-refractivity contribution in [3.05, 3.63) is 0 Å². The van der Waals surface area contributed by atoms with Crippen LogP contribution in [-0.2, 0) is 9.47 Å². The van der Waals surface area contributed by atoms with E-state index < -0.39 is 11.9 Å². The van der Waals surface area contributed by atoms with Crippen molar-refractivity contribution in [3.8, 4) is 0 Å². The van der Waals surface area contributed by atoms with Crippen molar-refractivity contribution in [2.24, 2.45) is 0 Å². The van der Waals surface area contributed by atoms with E-state index in [1.54, 1.807) is 0 Å². The SMILES string of the molecule is C[C@H]1OC(C)(C)OC[C@H]1O. The van der Waals surface area contributed by atoms with Crippen LogP contribution >= 0.6 is 0 Å². The molecular formula is C7H14O3. The van der Waals surface area contributed by atoms with Gasteiger partial charge in [-0.1, -0.05) is 0 Å². The second-order valence-electron chi connectivity index (χ2n) is 3.10. The van der Waals surface area contributed by atoms with E-state index in [2.05, 4.69) is 0 Å². The zero-order valence-corrected chi connectivity index (χ0v) is 6.63. The first-order chi connectivity index (χ1) is 4.51. The minimum absolute atomic E-state index is 0.122. The summed E-state index contributed by atoms with van der Waals surface area (Å²) in [6.07, 6.45) is -0.600. The fourth-order valence-corrected chi connectivity index (χ4v) is 0.982. The molecule has 0 aliphatic carbocycles. The average molecular weight is 146 g/mol. The zero-order valence-electron chi connectivity index (χ0n) is 6.63. The predicted octanol–water partition coefficient (Wildman–Crippen LogP) is 0.519. The molecule has 1 saturated heterocycles. The maximum absolute atomic E-state index is 9.16. The number of hydrogen-bond acceptors (Lipinski definition) is 3. The summed E-state index contributed by atoms with van der Waals surface area (Å²) < 4.78 is 10.5. The van der Waals surface area contributed by atoms with E-state index in [0.717, 1.165) is 0 Å². The van der Waals surface area contributed by atoms with Crippen molar-refractivity contribution in [2.45, 2.75) is 38.8 Å². The largest absolute Gasteiger partial charge is 0.388 e. The van der Waals surface area contributed by atoms with Crippen LogP contribution in [-0.4, -0.2) is 29.7 Å². The monoisotopic (exact) mass is 146 g/mol. The van der Waals surface area contributed by atoms with Crippen LogP contribution in [0.5, 0.6) is 0 Å². The first-order valence-electron chi connectivity index (χ1n) is 3.51. The number of aliphatic hydroxyl groups is 1. The van der Waals surface area contributed by atoms with Crippen LogP contribution in [0.2, 0.25) is 0 Å². The molecule has 0 spiro atoms. The van der Waals surface area contributed by atoms with E-state index in [9.17, 15) is 0 Å². The highest BCUT2D eigenvalue weighted by molar-refractivity contribution is 4.72. The molecule has 0 aromatic rings. The Labute approximate surface area is 60.9 Å². The van der Waals surface area contributed by atoms with Gasteiger partial charge in [0, 0.05) is 0 Å². The molecule has 1 fully saturated rings. The van der Waals surface area contributed by atoms with Crippen LogP contribution in [0.3, 0.4) is 0 Å². The second kappa shape index (κ2) is 2.49. The smallest absolute Gasteiger partial charge is 0.163 e. The van der Waals surface area contributed by atoms with Gasteiger partial charge in [-0.2, -0.15) is 0 Å². The van der Waals surface area contributed by atoms with Gasteiger partial charge in [-0.3, -0.25) is 0 Å². The normalized spacial score (nSPS) is 39.6. The maximum atomic E-state index is 9.16. The van der Waals surface area contributed by atoms with Gasteiger partial charge in [0.05, 0.1) is 12.7 Å². The van der Waals surface area contributed by atoms with Crippen LogP contribution in [0.4, 0.5) is 0 Å². The molecule has 2 atom stereocenters. The maximum Gasteiger partial charge on any atom is 0.163 e. The molecule has 1 aliphatic rings. The van der Waals surface area contributed by atoms with Crippen molar-refractivity contribution in [2.75, 3.05) is 6.61 Å². The van der Waals surface area contributed by atoms with Gasteiger partial charge in [0.1, 0.15) is 6.10 Å². The third-order valence-electron chi connectivity index (χ3n) is 1.61. The number of aliphatic hydroxyl groups excluding tert-OH is 1. The molecule has 0 bridgehead atoms. The van der Waals surface area contributed by atoms with Crippen molar-refractivity contribution in [1.29, 1.82) is 0 Å². The molecule has 1 aliphatic heterocycles. The van der Waals surface area contributed by atoms with Gasteiger partial charge >= 0.3 is 0 Å². The molecule has 0 unspecified atom stereocenters. The number of rotatable bonds is 0. The second-order valence-corrected chi connectivity index (χ2v) is 3.10. The highest BCUT2D eigenvalue weighted by Gasteiger charge is 2.32. The van der Waals surface area contributed by atoms with Gasteiger partial charge < -0.3 is 14.6 Å². The average Bonchev–Trinajstić information content (AvgIpc) is 1.79. The topological polar surface area (TPSA) is 38.7 Å². The third kappa shape index (κ3) is 1.68. The zero-order chi connectivity index (χ0) is 7.78. The Hall–Kier alpha value is -0.120. The van der Waals surface area contributed by atoms with Gasteiger partial charge in [0.15, 0.2) is 5.79 Å². The van der Waals surface area contributed by atoms with E-state index in [1.807, 2.05) is 20.8 Å². The molecule has 1 N–H and O–H groups in total. The lowest BCUT2D eigenvalue weighted by atomic mass is 10.2. The fourth-order valence-electron chi connectivity index (χ4n) is 0.982. The Balaban J connectivity index is 2.49. The molecule has 1 rings (SSSR count). The fraction of sp³-hybridized carbons (Fsp3) is 1.00. The summed E-state index contributed by atoms with van der Waals surface area (Å²) in [5.41, 5.74) is 0. The molecule has 0 aromatic heterocycles. The van der Waals surface area contributed by atoms with Crippen molar-refractivity contribution >= 4 is 0 Å². The van der Waals surface area contributed by atoms with Crippen LogP contribution in [0.1, 0.15) is 20.8 Å². The summed E-state index contributed by atoms with van der Waals surface area (Å²) >= 11 is 0. The highest BCUT2D eigenvalue weighted by Crippen LogP contribution is 2.21. The predicted molar refractivity (Wildman–Crippen MR) is 36.6 cm³/mol. The Morgan fingerprint density at radius 2 is 2.10 bits per heavy atom. The van der Waals surface area contributed by atoms with E-state index in [0.29, 0.717) is 6.61 Å². The summed E-state index contributed by atoms with van der Waals surface area (Å²) in [5.74, 6) is -0.529. The molecule has 10 heavy (non-hydrogen) atoms. The van der Waals surface area contributed by atoms with Gasteiger partial charge in [0.25, 0.3) is 0 Å². The van der Waals surface area contributed by atoms with E-state index in [4.69, 9.17) is 14.6 Å². The Kier molecular flexibility index (Phi) is 1.99. The molecule has 3 heteroatoms. The van der Waals surface area contributed by atoms with Crippen molar-refractivity contribution in [1.82, 2.24) is 0 Å². The summed E-state index contributed by atoms with van der Waals surface area (Å²) in [6, 6.07) is 0. The van der Waals surface area contributed by atoms with Gasteiger partial charge in [-0.15, -0.1) is 0 Å². The first kappa shape index (κ1) is 7.98. The van der Waals surface area contributed by atoms with Crippen molar-refractivity contribution < 1.29 is 14.6 Å². The molecule has 0 radical (unpaired) electrons. The minimum atomic E-state index is -0.529. The van der Waals surface area contributed by atoms with Crippen LogP contribution in [0.25, 0.3) is 0 Å². The Morgan fingerprint density at radius 1 is 1.50 bits per heavy atom. The van der Waals surface area contributed by atoms with Crippen LogP contribution in [0.15, 0.2) is 0 Å². The Morgan fingerprint density at radius 3 is 2.50 bits per heavy atom. The number of ether oxygens (including phenoxy) is 2. The summed E-state index contributed by atoms with van der Waals surface area (Å²) in [4.78, 5) is 0. The lowest BCUT2D eigenvalue weighted by Crippen LogP contribution is -2.47. The molecule has 0 saturated carbocycles. The standard InChI is InChI=1S/C7H14O3/c1-5-6(8)4-9-7(2,3)10-5/h5-6,8H,4H2,1-3H3/t5-,6-/m1/s1. The Bertz CT molecular complexity index is 122. The highest BCUT2D eigenvalue weighted by atomic mass is 16.7. The molecule has 0 aromatic carbocycles. The minimum Gasteiger partial charge on any atom is -0.388 e.